The Balaban J connectivity index is 1.54. The lowest BCUT2D eigenvalue weighted by Gasteiger charge is -2.42. The van der Waals surface area contributed by atoms with Crippen LogP contribution in [0.15, 0.2) is 0 Å². The maximum atomic E-state index is 5.62. The Kier molecular flexibility index (Phi) is 6.38. The second-order valence-corrected chi connectivity index (χ2v) is 7.34. The van der Waals surface area contributed by atoms with E-state index in [1.54, 1.807) is 0 Å². The molecule has 2 aliphatic carbocycles. The molecule has 3 rings (SSSR count). The highest BCUT2D eigenvalue weighted by molar-refractivity contribution is 4.85. The normalized spacial score (nSPS) is 29.9. The standard InChI is InChI=1S/C18H34N2O/c1-3-7-17(8-4-1)20(18-9-5-2-6-10-18)13-11-16-15-21-14-12-19-16/h16-19H,1-15H2. The number of hydrogen-bond acceptors (Lipinski definition) is 3. The number of ether oxygens (including phenoxy) is 1. The van der Waals surface area contributed by atoms with Gasteiger partial charge < -0.3 is 10.1 Å². The van der Waals surface area contributed by atoms with Gasteiger partial charge in [-0.3, -0.25) is 4.90 Å². The first-order chi connectivity index (χ1) is 10.4. The number of nitrogens with one attached hydrogen (secondary N) is 1. The minimum Gasteiger partial charge on any atom is -0.379 e. The highest BCUT2D eigenvalue weighted by Crippen LogP contribution is 2.30. The van der Waals surface area contributed by atoms with Crippen LogP contribution in [0, 0.1) is 0 Å². The topological polar surface area (TPSA) is 24.5 Å². The van der Waals surface area contributed by atoms with Gasteiger partial charge in [0.25, 0.3) is 0 Å². The predicted octanol–water partition coefficient (Wildman–Crippen LogP) is 3.33. The summed E-state index contributed by atoms with van der Waals surface area (Å²) in [6, 6.07) is 2.35. The molecule has 3 fully saturated rings. The van der Waals surface area contributed by atoms with E-state index in [0.29, 0.717) is 6.04 Å². The van der Waals surface area contributed by atoms with Crippen molar-refractivity contribution in [3.8, 4) is 0 Å². The molecule has 0 amide bonds. The van der Waals surface area contributed by atoms with Gasteiger partial charge in [-0.15, -0.1) is 0 Å². The van der Waals surface area contributed by atoms with E-state index in [1.165, 1.54) is 77.2 Å². The maximum absolute atomic E-state index is 5.62. The lowest BCUT2D eigenvalue weighted by molar-refractivity contribution is 0.0485. The largest absolute Gasteiger partial charge is 0.379 e. The first-order valence-corrected chi connectivity index (χ1v) is 9.50. The average Bonchev–Trinajstić information content (AvgIpc) is 2.58. The van der Waals surface area contributed by atoms with Crippen molar-refractivity contribution >= 4 is 0 Å². The summed E-state index contributed by atoms with van der Waals surface area (Å²) in [5.41, 5.74) is 0. The van der Waals surface area contributed by atoms with E-state index in [0.717, 1.165) is 31.8 Å². The van der Waals surface area contributed by atoms with Crippen molar-refractivity contribution in [2.24, 2.45) is 0 Å². The summed E-state index contributed by atoms with van der Waals surface area (Å²) in [5, 5.41) is 3.63. The van der Waals surface area contributed by atoms with E-state index in [-0.39, 0.29) is 0 Å². The predicted molar refractivity (Wildman–Crippen MR) is 87.7 cm³/mol. The lowest BCUT2D eigenvalue weighted by Crippen LogP contribution is -2.49. The summed E-state index contributed by atoms with van der Waals surface area (Å²) in [7, 11) is 0. The summed E-state index contributed by atoms with van der Waals surface area (Å²) >= 11 is 0. The highest BCUT2D eigenvalue weighted by Gasteiger charge is 2.29. The van der Waals surface area contributed by atoms with Crippen molar-refractivity contribution in [1.29, 1.82) is 0 Å². The van der Waals surface area contributed by atoms with Gasteiger partial charge in [-0.2, -0.15) is 0 Å². The van der Waals surface area contributed by atoms with Crippen LogP contribution in [0.1, 0.15) is 70.6 Å². The van der Waals surface area contributed by atoms with Crippen LogP contribution in [0.2, 0.25) is 0 Å². The molecule has 1 N–H and O–H groups in total. The summed E-state index contributed by atoms with van der Waals surface area (Å²) in [6.07, 6.45) is 15.8. The Morgan fingerprint density at radius 3 is 2.00 bits per heavy atom. The Labute approximate surface area is 130 Å². The van der Waals surface area contributed by atoms with Gasteiger partial charge in [0.1, 0.15) is 0 Å². The Morgan fingerprint density at radius 1 is 0.857 bits per heavy atom. The third kappa shape index (κ3) is 4.67. The van der Waals surface area contributed by atoms with E-state index >= 15 is 0 Å². The van der Waals surface area contributed by atoms with Crippen LogP contribution >= 0.6 is 0 Å². The fourth-order valence-electron chi connectivity index (χ4n) is 4.60. The molecule has 0 aromatic rings. The quantitative estimate of drug-likeness (QED) is 0.842. The highest BCUT2D eigenvalue weighted by atomic mass is 16.5. The van der Waals surface area contributed by atoms with Gasteiger partial charge in [0.2, 0.25) is 0 Å². The van der Waals surface area contributed by atoms with Gasteiger partial charge in [0.15, 0.2) is 0 Å². The minimum atomic E-state index is 0.591. The van der Waals surface area contributed by atoms with Crippen LogP contribution in [-0.2, 0) is 4.74 Å². The van der Waals surface area contributed by atoms with Crippen LogP contribution in [0.4, 0.5) is 0 Å². The van der Waals surface area contributed by atoms with Gasteiger partial charge in [-0.1, -0.05) is 38.5 Å². The molecule has 1 aliphatic heterocycles. The molecule has 1 unspecified atom stereocenters. The van der Waals surface area contributed by atoms with E-state index < -0.39 is 0 Å². The van der Waals surface area contributed by atoms with Crippen LogP contribution in [0.25, 0.3) is 0 Å². The molecule has 0 radical (unpaired) electrons. The second kappa shape index (κ2) is 8.50. The molecular formula is C18H34N2O. The summed E-state index contributed by atoms with van der Waals surface area (Å²) in [5.74, 6) is 0. The van der Waals surface area contributed by atoms with Gasteiger partial charge in [-0.25, -0.2) is 0 Å². The molecule has 122 valence electrons. The van der Waals surface area contributed by atoms with Gasteiger partial charge >= 0.3 is 0 Å². The molecule has 0 bridgehead atoms. The van der Waals surface area contributed by atoms with Crippen molar-refractivity contribution in [1.82, 2.24) is 10.2 Å². The SMILES string of the molecule is C1CCC(N(CCC2COCCN2)C2CCCCC2)CC1. The second-order valence-electron chi connectivity index (χ2n) is 7.34. The fourth-order valence-corrected chi connectivity index (χ4v) is 4.60. The van der Waals surface area contributed by atoms with Gasteiger partial charge in [-0.05, 0) is 32.1 Å². The summed E-state index contributed by atoms with van der Waals surface area (Å²) in [6.45, 7) is 4.14. The molecule has 0 spiro atoms. The van der Waals surface area contributed by atoms with Crippen LogP contribution < -0.4 is 5.32 Å². The molecule has 0 aromatic heterocycles. The molecule has 0 aromatic carbocycles. The minimum absolute atomic E-state index is 0.591. The third-order valence-electron chi connectivity index (χ3n) is 5.82. The van der Waals surface area contributed by atoms with Gasteiger partial charge in [0.05, 0.1) is 13.2 Å². The van der Waals surface area contributed by atoms with Crippen molar-refractivity contribution < 1.29 is 4.74 Å². The number of nitrogens with zero attached hydrogens (tertiary/aromatic N) is 1. The van der Waals surface area contributed by atoms with Crippen molar-refractivity contribution in [3.63, 3.8) is 0 Å². The van der Waals surface area contributed by atoms with Crippen molar-refractivity contribution in [2.75, 3.05) is 26.3 Å². The molecule has 1 atom stereocenters. The van der Waals surface area contributed by atoms with Crippen LogP contribution in [0.5, 0.6) is 0 Å². The third-order valence-corrected chi connectivity index (χ3v) is 5.82. The monoisotopic (exact) mass is 294 g/mol. The Morgan fingerprint density at radius 2 is 1.48 bits per heavy atom. The average molecular weight is 294 g/mol. The van der Waals surface area contributed by atoms with Crippen molar-refractivity contribution in [2.45, 2.75) is 88.8 Å². The number of hydrogen-bond donors (Lipinski definition) is 1. The zero-order valence-corrected chi connectivity index (χ0v) is 13.7. The fraction of sp³-hybridized carbons (Fsp3) is 1.00. The van der Waals surface area contributed by atoms with Gasteiger partial charge in [0, 0.05) is 31.2 Å². The molecule has 2 saturated carbocycles. The smallest absolute Gasteiger partial charge is 0.0620 e. The first-order valence-electron chi connectivity index (χ1n) is 9.50. The first kappa shape index (κ1) is 15.8. The zero-order valence-electron chi connectivity index (χ0n) is 13.7. The van der Waals surface area contributed by atoms with E-state index in [9.17, 15) is 0 Å². The Hall–Kier alpha value is -0.120. The maximum Gasteiger partial charge on any atom is 0.0620 e. The molecule has 1 heterocycles. The van der Waals surface area contributed by atoms with E-state index in [1.807, 2.05) is 0 Å². The molecular weight excluding hydrogens is 260 g/mol. The number of morpholine rings is 1. The number of rotatable bonds is 5. The lowest BCUT2D eigenvalue weighted by atomic mass is 9.88. The molecule has 21 heavy (non-hydrogen) atoms. The van der Waals surface area contributed by atoms with Crippen LogP contribution in [0.3, 0.4) is 0 Å². The summed E-state index contributed by atoms with van der Waals surface area (Å²) in [4.78, 5) is 2.93. The molecule has 3 heteroatoms. The zero-order chi connectivity index (χ0) is 14.3. The van der Waals surface area contributed by atoms with E-state index in [4.69, 9.17) is 4.74 Å². The van der Waals surface area contributed by atoms with E-state index in [2.05, 4.69) is 10.2 Å². The molecule has 1 saturated heterocycles. The van der Waals surface area contributed by atoms with Crippen molar-refractivity contribution in [3.05, 3.63) is 0 Å². The Bertz CT molecular complexity index is 261. The molecule has 3 aliphatic rings. The van der Waals surface area contributed by atoms with Crippen LogP contribution in [-0.4, -0.2) is 49.3 Å². The summed E-state index contributed by atoms with van der Waals surface area (Å²) < 4.78 is 5.62. The molecule has 3 nitrogen and oxygen atoms in total.